The number of aryl methyl sites for hydroxylation is 1. The van der Waals surface area contributed by atoms with Crippen molar-refractivity contribution in [2.24, 2.45) is 5.41 Å². The molecule has 0 amide bonds. The summed E-state index contributed by atoms with van der Waals surface area (Å²) in [5.41, 5.74) is 2.11. The van der Waals surface area contributed by atoms with Gasteiger partial charge in [-0.1, -0.05) is 60.2 Å². The second-order valence-corrected chi connectivity index (χ2v) is 5.81. The van der Waals surface area contributed by atoms with Gasteiger partial charge < -0.3 is 5.32 Å². The van der Waals surface area contributed by atoms with E-state index in [0.29, 0.717) is 6.54 Å². The molecule has 3 rings (SSSR count). The van der Waals surface area contributed by atoms with Crippen LogP contribution in [0, 0.1) is 35.0 Å². The fourth-order valence-electron chi connectivity index (χ4n) is 3.27. The highest BCUT2D eigenvalue weighted by Crippen LogP contribution is 2.49. The number of benzene rings is 2. The highest BCUT2D eigenvalue weighted by Gasteiger charge is 2.52. The summed E-state index contributed by atoms with van der Waals surface area (Å²) < 4.78 is 0. The Kier molecular flexibility index (Phi) is 3.67. The molecular formula is C19H17N3. The third-order valence-corrected chi connectivity index (χ3v) is 4.51. The molecule has 3 nitrogen and oxygen atoms in total. The average molecular weight is 287 g/mol. The SMILES string of the molecule is Cc1ccc(C2NCC(c3ccccc3)C2(C#N)C#N)cc1. The van der Waals surface area contributed by atoms with E-state index in [1.807, 2.05) is 61.5 Å². The van der Waals surface area contributed by atoms with Gasteiger partial charge in [0.1, 0.15) is 0 Å². The van der Waals surface area contributed by atoms with Gasteiger partial charge in [0.15, 0.2) is 5.41 Å². The molecule has 0 aliphatic carbocycles. The quantitative estimate of drug-likeness (QED) is 0.920. The van der Waals surface area contributed by atoms with E-state index >= 15 is 0 Å². The summed E-state index contributed by atoms with van der Waals surface area (Å²) >= 11 is 0. The normalized spacial score (nSPS) is 22.7. The Labute approximate surface area is 130 Å². The summed E-state index contributed by atoms with van der Waals surface area (Å²) in [6.45, 7) is 2.66. The fourth-order valence-corrected chi connectivity index (χ4v) is 3.27. The van der Waals surface area contributed by atoms with Crippen molar-refractivity contribution in [1.29, 1.82) is 10.5 Å². The van der Waals surface area contributed by atoms with Crippen LogP contribution in [-0.2, 0) is 0 Å². The number of rotatable bonds is 2. The van der Waals surface area contributed by atoms with E-state index in [0.717, 1.165) is 11.1 Å². The molecule has 1 heterocycles. The number of nitrogens with one attached hydrogen (secondary N) is 1. The van der Waals surface area contributed by atoms with Crippen molar-refractivity contribution in [2.75, 3.05) is 6.54 Å². The standard InChI is InChI=1S/C19H17N3/c1-14-7-9-16(10-8-14)18-19(12-20,13-21)17(11-22-18)15-5-3-2-4-6-15/h2-10,17-18,22H,11H2,1H3. The summed E-state index contributed by atoms with van der Waals surface area (Å²) in [7, 11) is 0. The first-order chi connectivity index (χ1) is 10.7. The van der Waals surface area contributed by atoms with Gasteiger partial charge in [0, 0.05) is 12.5 Å². The maximum Gasteiger partial charge on any atom is 0.171 e. The van der Waals surface area contributed by atoms with Gasteiger partial charge in [-0.05, 0) is 18.1 Å². The molecule has 3 heteroatoms. The minimum absolute atomic E-state index is 0.130. The first kappa shape index (κ1) is 14.3. The molecule has 2 aromatic rings. The Bertz CT molecular complexity index is 721. The summed E-state index contributed by atoms with van der Waals surface area (Å²) in [6.07, 6.45) is 0. The summed E-state index contributed by atoms with van der Waals surface area (Å²) in [5, 5.41) is 23.0. The zero-order chi connectivity index (χ0) is 15.6. The van der Waals surface area contributed by atoms with Crippen LogP contribution in [0.4, 0.5) is 0 Å². The van der Waals surface area contributed by atoms with E-state index in [9.17, 15) is 10.5 Å². The summed E-state index contributed by atoms with van der Waals surface area (Å²) in [5.74, 6) is -0.130. The molecule has 2 aromatic carbocycles. The van der Waals surface area contributed by atoms with Crippen LogP contribution in [-0.4, -0.2) is 6.54 Å². The van der Waals surface area contributed by atoms with E-state index in [1.165, 1.54) is 5.56 Å². The lowest BCUT2D eigenvalue weighted by atomic mass is 9.70. The lowest BCUT2D eigenvalue weighted by Crippen LogP contribution is -2.29. The van der Waals surface area contributed by atoms with Crippen molar-refractivity contribution in [2.45, 2.75) is 18.9 Å². The number of nitriles is 2. The highest BCUT2D eigenvalue weighted by atomic mass is 15.0. The van der Waals surface area contributed by atoms with Crippen molar-refractivity contribution < 1.29 is 0 Å². The third kappa shape index (κ3) is 2.17. The lowest BCUT2D eigenvalue weighted by Gasteiger charge is -2.26. The highest BCUT2D eigenvalue weighted by molar-refractivity contribution is 5.41. The Morgan fingerprint density at radius 1 is 0.955 bits per heavy atom. The Balaban J connectivity index is 2.05. The zero-order valence-corrected chi connectivity index (χ0v) is 12.5. The second kappa shape index (κ2) is 5.64. The first-order valence-corrected chi connectivity index (χ1v) is 7.38. The van der Waals surface area contributed by atoms with E-state index in [4.69, 9.17) is 0 Å². The smallest absolute Gasteiger partial charge is 0.171 e. The van der Waals surface area contributed by atoms with Crippen molar-refractivity contribution in [1.82, 2.24) is 5.32 Å². The van der Waals surface area contributed by atoms with Crippen LogP contribution in [0.2, 0.25) is 0 Å². The minimum Gasteiger partial charge on any atom is -0.307 e. The average Bonchev–Trinajstić information content (AvgIpc) is 2.96. The zero-order valence-electron chi connectivity index (χ0n) is 12.5. The van der Waals surface area contributed by atoms with Gasteiger partial charge in [-0.25, -0.2) is 0 Å². The molecular weight excluding hydrogens is 270 g/mol. The third-order valence-electron chi connectivity index (χ3n) is 4.51. The van der Waals surface area contributed by atoms with Crippen molar-refractivity contribution in [3.63, 3.8) is 0 Å². The van der Waals surface area contributed by atoms with E-state index in [1.54, 1.807) is 0 Å². The molecule has 0 radical (unpaired) electrons. The van der Waals surface area contributed by atoms with Crippen LogP contribution in [0.3, 0.4) is 0 Å². The number of nitrogens with zero attached hydrogens (tertiary/aromatic N) is 2. The Morgan fingerprint density at radius 3 is 2.18 bits per heavy atom. The van der Waals surface area contributed by atoms with E-state index in [-0.39, 0.29) is 12.0 Å². The molecule has 1 saturated heterocycles. The molecule has 2 atom stereocenters. The maximum absolute atomic E-state index is 9.82. The van der Waals surface area contributed by atoms with Gasteiger partial charge >= 0.3 is 0 Å². The molecule has 22 heavy (non-hydrogen) atoms. The summed E-state index contributed by atoms with van der Waals surface area (Å²) in [4.78, 5) is 0. The van der Waals surface area contributed by atoms with E-state index in [2.05, 4.69) is 17.5 Å². The van der Waals surface area contributed by atoms with E-state index < -0.39 is 5.41 Å². The van der Waals surface area contributed by atoms with Crippen molar-refractivity contribution in [3.05, 3.63) is 71.3 Å². The van der Waals surface area contributed by atoms with Crippen LogP contribution in [0.15, 0.2) is 54.6 Å². The molecule has 0 aromatic heterocycles. The largest absolute Gasteiger partial charge is 0.307 e. The molecule has 0 saturated carbocycles. The predicted octanol–water partition coefficient (Wildman–Crippen LogP) is 3.46. The van der Waals surface area contributed by atoms with Gasteiger partial charge in [-0.2, -0.15) is 10.5 Å². The number of hydrogen-bond acceptors (Lipinski definition) is 3. The summed E-state index contributed by atoms with van der Waals surface area (Å²) in [6, 6.07) is 22.2. The monoisotopic (exact) mass is 287 g/mol. The molecule has 1 fully saturated rings. The maximum atomic E-state index is 9.82. The molecule has 108 valence electrons. The molecule has 1 aliphatic rings. The molecule has 2 unspecified atom stereocenters. The minimum atomic E-state index is -1.09. The molecule has 1 aliphatic heterocycles. The topological polar surface area (TPSA) is 59.6 Å². The van der Waals surface area contributed by atoms with Gasteiger partial charge in [-0.15, -0.1) is 0 Å². The van der Waals surface area contributed by atoms with Gasteiger partial charge in [0.05, 0.1) is 18.2 Å². The first-order valence-electron chi connectivity index (χ1n) is 7.38. The van der Waals surface area contributed by atoms with Crippen LogP contribution >= 0.6 is 0 Å². The molecule has 0 spiro atoms. The second-order valence-electron chi connectivity index (χ2n) is 5.81. The van der Waals surface area contributed by atoms with Crippen LogP contribution in [0.5, 0.6) is 0 Å². The van der Waals surface area contributed by atoms with Crippen LogP contribution < -0.4 is 5.32 Å². The lowest BCUT2D eigenvalue weighted by molar-refractivity contribution is 0.417. The van der Waals surface area contributed by atoms with Crippen molar-refractivity contribution >= 4 is 0 Å². The molecule has 1 N–H and O–H groups in total. The van der Waals surface area contributed by atoms with Crippen LogP contribution in [0.1, 0.15) is 28.7 Å². The molecule has 0 bridgehead atoms. The van der Waals surface area contributed by atoms with Gasteiger partial charge in [0.2, 0.25) is 0 Å². The van der Waals surface area contributed by atoms with Gasteiger partial charge in [0.25, 0.3) is 0 Å². The van der Waals surface area contributed by atoms with Crippen molar-refractivity contribution in [3.8, 4) is 12.1 Å². The Morgan fingerprint density at radius 2 is 1.59 bits per heavy atom. The predicted molar refractivity (Wildman–Crippen MR) is 84.8 cm³/mol. The van der Waals surface area contributed by atoms with Gasteiger partial charge in [-0.3, -0.25) is 0 Å². The fraction of sp³-hybridized carbons (Fsp3) is 0.263. The van der Waals surface area contributed by atoms with Crippen LogP contribution in [0.25, 0.3) is 0 Å². The number of hydrogen-bond donors (Lipinski definition) is 1. The Hall–Kier alpha value is -2.62.